The molecule has 0 N–H and O–H groups in total. The number of rotatable bonds is 10. The van der Waals surface area contributed by atoms with E-state index in [9.17, 15) is 4.79 Å². The van der Waals surface area contributed by atoms with E-state index in [4.69, 9.17) is 21.1 Å². The Balaban J connectivity index is 1.94. The van der Waals surface area contributed by atoms with Gasteiger partial charge in [0.15, 0.2) is 4.67 Å². The second kappa shape index (κ2) is 10.5. The predicted molar refractivity (Wildman–Crippen MR) is 89.5 cm³/mol. The molecule has 0 amide bonds. The van der Waals surface area contributed by atoms with Gasteiger partial charge in [-0.05, 0) is 18.2 Å². The molecule has 0 bridgehead atoms. The van der Waals surface area contributed by atoms with E-state index in [1.807, 2.05) is 0 Å². The summed E-state index contributed by atoms with van der Waals surface area (Å²) in [4.78, 5) is 11.4. The molecule has 1 saturated heterocycles. The van der Waals surface area contributed by atoms with Gasteiger partial charge >= 0.3 is 5.97 Å². The number of esters is 1. The van der Waals surface area contributed by atoms with Crippen molar-refractivity contribution in [2.24, 2.45) is 0 Å². The number of ether oxygens (including phenoxy) is 1. The lowest BCUT2D eigenvalue weighted by Gasteiger charge is -2.13. The number of carbonyl (C=O) groups excluding carboxylic acids is 1. The fraction of sp³-hybridized carbons (Fsp3) is 0.917. The van der Waals surface area contributed by atoms with Crippen LogP contribution in [0.2, 0.25) is 0 Å². The van der Waals surface area contributed by atoms with Gasteiger partial charge in [0.25, 0.3) is 0 Å². The van der Waals surface area contributed by atoms with E-state index < -0.39 is 4.67 Å². The smallest absolute Gasteiger partial charge is 0.305 e. The van der Waals surface area contributed by atoms with Crippen LogP contribution in [0.1, 0.15) is 45.4 Å². The van der Waals surface area contributed by atoms with Crippen LogP contribution in [0, 0.1) is 0 Å². The van der Waals surface area contributed by atoms with E-state index in [0.29, 0.717) is 19.6 Å². The molecular formula is C12H23O3PS3. The maximum atomic E-state index is 11.4. The van der Waals surface area contributed by atoms with E-state index in [-0.39, 0.29) is 5.97 Å². The average molecular weight is 342 g/mol. The van der Waals surface area contributed by atoms with Crippen LogP contribution in [-0.4, -0.2) is 30.7 Å². The van der Waals surface area contributed by atoms with Crippen LogP contribution in [-0.2, 0) is 25.9 Å². The van der Waals surface area contributed by atoms with Crippen molar-refractivity contribution in [1.29, 1.82) is 0 Å². The molecule has 1 fully saturated rings. The maximum absolute atomic E-state index is 11.4. The first-order chi connectivity index (χ1) is 9.16. The van der Waals surface area contributed by atoms with Crippen molar-refractivity contribution in [2.45, 2.75) is 45.4 Å². The van der Waals surface area contributed by atoms with E-state index in [0.717, 1.165) is 24.3 Å². The molecule has 0 aliphatic carbocycles. The van der Waals surface area contributed by atoms with Gasteiger partial charge in [0, 0.05) is 17.9 Å². The molecule has 0 aromatic heterocycles. The highest BCUT2D eigenvalue weighted by Gasteiger charge is 2.25. The van der Waals surface area contributed by atoms with Crippen LogP contribution in [0.3, 0.4) is 0 Å². The first kappa shape index (κ1) is 17.8. The third-order valence-corrected chi connectivity index (χ3v) is 12.6. The van der Waals surface area contributed by atoms with Gasteiger partial charge in [-0.3, -0.25) is 4.79 Å². The minimum absolute atomic E-state index is 0.108. The van der Waals surface area contributed by atoms with Crippen LogP contribution in [0.4, 0.5) is 0 Å². The standard InChI is InChI=1S/C12H23O3PS3/c1-2-3-4-5-6-7-12(13)14-8-9-15-16(17)18-10-11-19-16/h2-11H2,1H3. The molecule has 7 heteroatoms. The van der Waals surface area contributed by atoms with Crippen LogP contribution in [0.25, 0.3) is 0 Å². The maximum Gasteiger partial charge on any atom is 0.305 e. The van der Waals surface area contributed by atoms with Crippen LogP contribution in [0.5, 0.6) is 0 Å². The fourth-order valence-electron chi connectivity index (χ4n) is 1.66. The molecule has 112 valence electrons. The summed E-state index contributed by atoms with van der Waals surface area (Å²) < 4.78 is 9.13. The molecule has 1 aliphatic heterocycles. The van der Waals surface area contributed by atoms with Crippen molar-refractivity contribution < 1.29 is 14.1 Å². The SMILES string of the molecule is CCCCCCCC(=O)OCCOP1(=S)SCCS1. The zero-order chi connectivity index (χ0) is 14.0. The summed E-state index contributed by atoms with van der Waals surface area (Å²) >= 11 is 8.93. The number of hydrogen-bond donors (Lipinski definition) is 0. The Bertz CT molecular complexity index is 303. The van der Waals surface area contributed by atoms with Crippen molar-refractivity contribution >= 4 is 45.2 Å². The van der Waals surface area contributed by atoms with E-state index in [1.165, 1.54) is 19.3 Å². The van der Waals surface area contributed by atoms with Gasteiger partial charge in [-0.25, -0.2) is 0 Å². The average Bonchev–Trinajstić information content (AvgIpc) is 2.82. The molecule has 0 saturated carbocycles. The zero-order valence-corrected chi connectivity index (χ0v) is 14.8. The van der Waals surface area contributed by atoms with Crippen molar-refractivity contribution in [3.05, 3.63) is 0 Å². The number of unbranched alkanes of at least 4 members (excludes halogenated alkanes) is 4. The summed E-state index contributed by atoms with van der Waals surface area (Å²) in [7, 11) is 0. The highest BCUT2D eigenvalue weighted by Crippen LogP contribution is 2.74. The van der Waals surface area contributed by atoms with Crippen molar-refractivity contribution in [3.8, 4) is 0 Å². The lowest BCUT2D eigenvalue weighted by Crippen LogP contribution is -2.09. The Morgan fingerprint density at radius 1 is 1.16 bits per heavy atom. The van der Waals surface area contributed by atoms with Gasteiger partial charge in [-0.1, -0.05) is 55.4 Å². The molecule has 0 aromatic rings. The van der Waals surface area contributed by atoms with Gasteiger partial charge in [0.2, 0.25) is 0 Å². The van der Waals surface area contributed by atoms with E-state index in [2.05, 4.69) is 6.92 Å². The quantitative estimate of drug-likeness (QED) is 0.328. The van der Waals surface area contributed by atoms with Gasteiger partial charge in [0.05, 0.1) is 6.61 Å². The molecule has 1 heterocycles. The summed E-state index contributed by atoms with van der Waals surface area (Å²) in [6.45, 7) is 2.97. The topological polar surface area (TPSA) is 35.5 Å². The monoisotopic (exact) mass is 342 g/mol. The van der Waals surface area contributed by atoms with Crippen LogP contribution >= 0.6 is 27.4 Å². The first-order valence-corrected chi connectivity index (χ1v) is 12.8. The van der Waals surface area contributed by atoms with Crippen LogP contribution in [0.15, 0.2) is 0 Å². The minimum Gasteiger partial charge on any atom is -0.463 e. The minimum atomic E-state index is -1.69. The Labute approximate surface area is 129 Å². The van der Waals surface area contributed by atoms with Crippen molar-refractivity contribution in [3.63, 3.8) is 0 Å². The highest BCUT2D eigenvalue weighted by molar-refractivity contribution is 9.00. The molecule has 19 heavy (non-hydrogen) atoms. The van der Waals surface area contributed by atoms with Gasteiger partial charge in [-0.15, -0.1) is 0 Å². The molecule has 0 radical (unpaired) electrons. The summed E-state index contributed by atoms with van der Waals surface area (Å²) in [6.07, 6.45) is 6.27. The number of carbonyl (C=O) groups is 1. The molecule has 0 aromatic carbocycles. The Morgan fingerprint density at radius 2 is 1.84 bits per heavy atom. The second-order valence-electron chi connectivity index (χ2n) is 4.33. The fourth-order valence-corrected chi connectivity index (χ4v) is 10.6. The molecule has 0 unspecified atom stereocenters. The zero-order valence-electron chi connectivity index (χ0n) is 11.5. The molecular weight excluding hydrogens is 319 g/mol. The van der Waals surface area contributed by atoms with Gasteiger partial charge in [0.1, 0.15) is 6.61 Å². The third-order valence-electron chi connectivity index (χ3n) is 2.66. The molecule has 0 spiro atoms. The van der Waals surface area contributed by atoms with Gasteiger partial charge in [-0.2, -0.15) is 0 Å². The van der Waals surface area contributed by atoms with E-state index >= 15 is 0 Å². The first-order valence-electron chi connectivity index (χ1n) is 6.85. The second-order valence-corrected chi connectivity index (χ2v) is 15.1. The Morgan fingerprint density at radius 3 is 2.53 bits per heavy atom. The molecule has 0 atom stereocenters. The molecule has 1 aliphatic rings. The van der Waals surface area contributed by atoms with Crippen molar-refractivity contribution in [2.75, 3.05) is 24.7 Å². The summed E-state index contributed by atoms with van der Waals surface area (Å²) in [5.74, 6) is 2.06. The predicted octanol–water partition coefficient (Wildman–Crippen LogP) is 4.61. The summed E-state index contributed by atoms with van der Waals surface area (Å²) in [5.41, 5.74) is 0. The highest BCUT2D eigenvalue weighted by atomic mass is 33.2. The van der Waals surface area contributed by atoms with E-state index in [1.54, 1.807) is 22.8 Å². The van der Waals surface area contributed by atoms with Crippen molar-refractivity contribution in [1.82, 2.24) is 0 Å². The Hall–Kier alpha value is 0.780. The molecule has 1 rings (SSSR count). The Kier molecular flexibility index (Phi) is 9.85. The summed E-state index contributed by atoms with van der Waals surface area (Å²) in [6, 6.07) is 0. The normalized spacial score (nSPS) is 17.5. The largest absolute Gasteiger partial charge is 0.463 e. The number of hydrogen-bond acceptors (Lipinski definition) is 6. The third kappa shape index (κ3) is 8.61. The molecule has 3 nitrogen and oxygen atoms in total. The van der Waals surface area contributed by atoms with Gasteiger partial charge < -0.3 is 9.26 Å². The lowest BCUT2D eigenvalue weighted by atomic mass is 10.1. The van der Waals surface area contributed by atoms with Crippen LogP contribution < -0.4 is 0 Å². The lowest BCUT2D eigenvalue weighted by molar-refractivity contribution is -0.144. The summed E-state index contributed by atoms with van der Waals surface area (Å²) in [5, 5.41) is 0.